The maximum atomic E-state index is 13.4. The molecule has 1 aliphatic heterocycles. The SMILES string of the molecule is C=CCn1c(=NC(=O)c2cc(C(F)(F)F)ccc2OC[C@@H]2CCCO2)cc(C(C)(C)C)n1C. The molecule has 0 radical (unpaired) electrons. The lowest BCUT2D eigenvalue weighted by atomic mass is 9.92. The van der Waals surface area contributed by atoms with Crippen molar-refractivity contribution < 1.29 is 27.4 Å². The van der Waals surface area contributed by atoms with Gasteiger partial charge in [-0.05, 0) is 31.0 Å². The van der Waals surface area contributed by atoms with E-state index in [-0.39, 0.29) is 29.4 Å². The Bertz CT molecular complexity index is 1090. The van der Waals surface area contributed by atoms with Crippen LogP contribution >= 0.6 is 0 Å². The van der Waals surface area contributed by atoms with E-state index in [4.69, 9.17) is 9.47 Å². The zero-order valence-electron chi connectivity index (χ0n) is 19.4. The Morgan fingerprint density at radius 2 is 2.03 bits per heavy atom. The second-order valence-electron chi connectivity index (χ2n) is 9.10. The molecule has 1 aromatic heterocycles. The van der Waals surface area contributed by atoms with Crippen molar-refractivity contribution >= 4 is 5.91 Å². The topological polar surface area (TPSA) is 57.8 Å². The van der Waals surface area contributed by atoms with E-state index in [1.54, 1.807) is 16.8 Å². The Kier molecular flexibility index (Phi) is 7.21. The van der Waals surface area contributed by atoms with Gasteiger partial charge in [0.05, 0.1) is 23.8 Å². The van der Waals surface area contributed by atoms with Gasteiger partial charge in [0.25, 0.3) is 5.91 Å². The predicted octanol–water partition coefficient (Wildman–Crippen LogP) is 4.63. The van der Waals surface area contributed by atoms with Gasteiger partial charge in [-0.3, -0.25) is 14.2 Å². The van der Waals surface area contributed by atoms with E-state index in [9.17, 15) is 18.0 Å². The van der Waals surface area contributed by atoms with Crippen molar-refractivity contribution in [2.45, 2.75) is 57.9 Å². The van der Waals surface area contributed by atoms with Gasteiger partial charge in [-0.15, -0.1) is 6.58 Å². The molecule has 2 heterocycles. The predicted molar refractivity (Wildman–Crippen MR) is 118 cm³/mol. The highest BCUT2D eigenvalue weighted by Crippen LogP contribution is 2.33. The van der Waals surface area contributed by atoms with Gasteiger partial charge in [0, 0.05) is 30.8 Å². The third-order valence-electron chi connectivity index (χ3n) is 5.51. The number of rotatable bonds is 6. The van der Waals surface area contributed by atoms with Gasteiger partial charge in [0.15, 0.2) is 5.49 Å². The van der Waals surface area contributed by atoms with Crippen LogP contribution in [0, 0.1) is 0 Å². The van der Waals surface area contributed by atoms with Crippen LogP contribution in [-0.2, 0) is 29.9 Å². The molecule has 1 saturated heterocycles. The van der Waals surface area contributed by atoms with E-state index in [1.165, 1.54) is 6.07 Å². The number of allylic oxidation sites excluding steroid dienone is 1. The fourth-order valence-electron chi connectivity index (χ4n) is 3.83. The highest BCUT2D eigenvalue weighted by Gasteiger charge is 2.32. The zero-order chi connectivity index (χ0) is 24.4. The Labute approximate surface area is 191 Å². The molecule has 180 valence electrons. The summed E-state index contributed by atoms with van der Waals surface area (Å²) >= 11 is 0. The lowest BCUT2D eigenvalue weighted by Crippen LogP contribution is -2.25. The number of benzene rings is 1. The van der Waals surface area contributed by atoms with E-state index in [1.807, 2.05) is 32.5 Å². The van der Waals surface area contributed by atoms with Gasteiger partial charge in [0.2, 0.25) is 0 Å². The van der Waals surface area contributed by atoms with Crippen molar-refractivity contribution in [2.75, 3.05) is 13.2 Å². The van der Waals surface area contributed by atoms with Crippen LogP contribution in [0.1, 0.15) is 55.2 Å². The summed E-state index contributed by atoms with van der Waals surface area (Å²) in [5.41, 5.74) is -0.174. The molecule has 1 aliphatic rings. The Morgan fingerprint density at radius 3 is 2.61 bits per heavy atom. The molecule has 3 rings (SSSR count). The summed E-state index contributed by atoms with van der Waals surface area (Å²) < 4.78 is 54.9. The number of alkyl halides is 3. The van der Waals surface area contributed by atoms with Gasteiger partial charge in [-0.1, -0.05) is 26.8 Å². The Morgan fingerprint density at radius 1 is 1.30 bits per heavy atom. The number of aromatic nitrogens is 2. The largest absolute Gasteiger partial charge is 0.490 e. The number of carbonyl (C=O) groups is 1. The molecule has 1 atom stereocenters. The van der Waals surface area contributed by atoms with Crippen LogP contribution in [0.25, 0.3) is 0 Å². The van der Waals surface area contributed by atoms with Gasteiger partial charge in [0.1, 0.15) is 12.4 Å². The quantitative estimate of drug-likeness (QED) is 0.585. The third kappa shape index (κ3) is 5.76. The summed E-state index contributed by atoms with van der Waals surface area (Å²) in [5.74, 6) is -0.762. The molecule has 0 unspecified atom stereocenters. The molecule has 1 aromatic carbocycles. The lowest BCUT2D eigenvalue weighted by molar-refractivity contribution is -0.137. The highest BCUT2D eigenvalue weighted by atomic mass is 19.4. The summed E-state index contributed by atoms with van der Waals surface area (Å²) in [7, 11) is 1.84. The summed E-state index contributed by atoms with van der Waals surface area (Å²) in [6.45, 7) is 11.0. The normalized spacial score (nSPS) is 17.4. The van der Waals surface area contributed by atoms with Crippen molar-refractivity contribution in [2.24, 2.45) is 12.0 Å². The standard InChI is InChI=1S/C24H30F3N3O3/c1-6-11-30-21(14-20(29(30)5)23(2,3)4)28-22(31)18-13-16(24(25,26)27)9-10-19(18)33-15-17-8-7-12-32-17/h6,9-10,13-14,17H,1,7-8,11-12,15H2,2-5H3/t17-/m0/s1. The molecule has 0 aliphatic carbocycles. The first kappa shape index (κ1) is 24.8. The molecular formula is C24H30F3N3O3. The maximum Gasteiger partial charge on any atom is 0.416 e. The van der Waals surface area contributed by atoms with Crippen molar-refractivity contribution in [1.82, 2.24) is 9.36 Å². The summed E-state index contributed by atoms with van der Waals surface area (Å²) in [5, 5.41) is 0. The van der Waals surface area contributed by atoms with Crippen LogP contribution in [0.2, 0.25) is 0 Å². The van der Waals surface area contributed by atoms with E-state index in [0.717, 1.165) is 30.7 Å². The fourth-order valence-corrected chi connectivity index (χ4v) is 3.83. The van der Waals surface area contributed by atoms with Gasteiger partial charge in [-0.25, -0.2) is 0 Å². The molecule has 0 spiro atoms. The zero-order valence-corrected chi connectivity index (χ0v) is 19.4. The molecule has 1 fully saturated rings. The minimum Gasteiger partial charge on any atom is -0.490 e. The van der Waals surface area contributed by atoms with Crippen LogP contribution in [0.15, 0.2) is 41.9 Å². The van der Waals surface area contributed by atoms with Crippen LogP contribution in [0.3, 0.4) is 0 Å². The number of halogens is 3. The van der Waals surface area contributed by atoms with Gasteiger partial charge >= 0.3 is 6.18 Å². The average Bonchev–Trinajstić information content (AvgIpc) is 3.35. The van der Waals surface area contributed by atoms with E-state index < -0.39 is 17.6 Å². The lowest BCUT2D eigenvalue weighted by Gasteiger charge is -2.20. The summed E-state index contributed by atoms with van der Waals surface area (Å²) in [6.07, 6.45) is -1.39. The molecule has 6 nitrogen and oxygen atoms in total. The Hall–Kier alpha value is -2.81. The molecule has 2 aromatic rings. The monoisotopic (exact) mass is 465 g/mol. The number of nitrogens with zero attached hydrogens (tertiary/aromatic N) is 3. The average molecular weight is 466 g/mol. The summed E-state index contributed by atoms with van der Waals surface area (Å²) in [4.78, 5) is 17.3. The molecule has 9 heteroatoms. The second-order valence-corrected chi connectivity index (χ2v) is 9.10. The van der Waals surface area contributed by atoms with Crippen molar-refractivity contribution in [3.63, 3.8) is 0 Å². The smallest absolute Gasteiger partial charge is 0.416 e. The maximum absolute atomic E-state index is 13.4. The van der Waals surface area contributed by atoms with E-state index in [2.05, 4.69) is 11.6 Å². The van der Waals surface area contributed by atoms with Crippen LogP contribution in [0.4, 0.5) is 13.2 Å². The molecule has 0 bridgehead atoms. The van der Waals surface area contributed by atoms with Crippen LogP contribution in [0.5, 0.6) is 5.75 Å². The number of hydrogen-bond donors (Lipinski definition) is 0. The highest BCUT2D eigenvalue weighted by molar-refractivity contribution is 5.97. The van der Waals surface area contributed by atoms with Crippen LogP contribution < -0.4 is 10.2 Å². The van der Waals surface area contributed by atoms with Gasteiger partial charge in [-0.2, -0.15) is 18.2 Å². The first-order chi connectivity index (χ1) is 15.4. The number of hydrogen-bond acceptors (Lipinski definition) is 3. The van der Waals surface area contributed by atoms with Crippen molar-refractivity contribution in [3.05, 3.63) is 59.2 Å². The number of ether oxygens (including phenoxy) is 2. The van der Waals surface area contributed by atoms with Crippen molar-refractivity contribution in [1.29, 1.82) is 0 Å². The fraction of sp³-hybridized carbons (Fsp3) is 0.500. The number of carbonyl (C=O) groups excluding carboxylic acids is 1. The minimum atomic E-state index is -4.60. The second kappa shape index (κ2) is 9.59. The minimum absolute atomic E-state index is 0.0505. The van der Waals surface area contributed by atoms with Gasteiger partial charge < -0.3 is 9.47 Å². The number of amides is 1. The Balaban J connectivity index is 2.06. The van der Waals surface area contributed by atoms with E-state index >= 15 is 0 Å². The third-order valence-corrected chi connectivity index (χ3v) is 5.51. The molecule has 33 heavy (non-hydrogen) atoms. The molecule has 0 N–H and O–H groups in total. The molecule has 0 saturated carbocycles. The van der Waals surface area contributed by atoms with Crippen LogP contribution in [-0.4, -0.2) is 34.6 Å². The first-order valence-corrected chi connectivity index (χ1v) is 10.8. The first-order valence-electron chi connectivity index (χ1n) is 10.8. The molecule has 1 amide bonds. The van der Waals surface area contributed by atoms with E-state index in [0.29, 0.717) is 18.6 Å². The molecular weight excluding hydrogens is 435 g/mol. The van der Waals surface area contributed by atoms with Crippen molar-refractivity contribution in [3.8, 4) is 5.75 Å². The summed E-state index contributed by atoms with van der Waals surface area (Å²) in [6, 6.07) is 4.63.